The fourth-order valence-electron chi connectivity index (χ4n) is 3.15. The van der Waals surface area contributed by atoms with Crippen molar-refractivity contribution in [2.75, 3.05) is 44.7 Å². The predicted molar refractivity (Wildman–Crippen MR) is 105 cm³/mol. The minimum absolute atomic E-state index is 0.214. The first-order valence-electron chi connectivity index (χ1n) is 9.41. The average molecular weight is 407 g/mol. The Kier molecular flexibility index (Phi) is 6.64. The number of hydrogen-bond acceptors (Lipinski definition) is 4. The highest BCUT2D eigenvalue weighted by atomic mass is 19.4. The molecule has 0 spiro atoms. The Labute approximate surface area is 168 Å². The molecular weight excluding hydrogens is 383 g/mol. The Morgan fingerprint density at radius 3 is 2.34 bits per heavy atom. The molecular formula is C21H24F3N3O2. The number of likely N-dealkylation sites (N-methyl/N-ethyl adjacent to an activating group) is 1. The van der Waals surface area contributed by atoms with Gasteiger partial charge >= 0.3 is 6.18 Å². The number of rotatable bonds is 6. The van der Waals surface area contributed by atoms with Gasteiger partial charge in [0.2, 0.25) is 0 Å². The summed E-state index contributed by atoms with van der Waals surface area (Å²) in [6, 6.07) is 12.2. The second-order valence-electron chi connectivity index (χ2n) is 7.01. The fourth-order valence-corrected chi connectivity index (χ4v) is 3.15. The van der Waals surface area contributed by atoms with E-state index in [1.54, 1.807) is 0 Å². The standard InChI is InChI=1S/C21H24F3N3O2/c1-26-10-12-27(13-11-26)19-5-3-2-4-16(19)14-25-20(28)15-29-18-8-6-17(7-9-18)21(22,23)24/h2-9H,10-15H2,1H3,(H,25,28). The summed E-state index contributed by atoms with van der Waals surface area (Å²) < 4.78 is 43.0. The van der Waals surface area contributed by atoms with E-state index in [9.17, 15) is 18.0 Å². The quantitative estimate of drug-likeness (QED) is 0.799. The third kappa shape index (κ3) is 5.87. The van der Waals surface area contributed by atoms with Crippen molar-refractivity contribution in [1.29, 1.82) is 0 Å². The molecule has 3 rings (SSSR count). The van der Waals surface area contributed by atoms with Crippen LogP contribution >= 0.6 is 0 Å². The zero-order valence-corrected chi connectivity index (χ0v) is 16.2. The van der Waals surface area contributed by atoms with Gasteiger partial charge in [0.25, 0.3) is 5.91 Å². The Hall–Kier alpha value is -2.74. The maximum absolute atomic E-state index is 12.6. The zero-order chi connectivity index (χ0) is 20.9. The number of piperazine rings is 1. The minimum Gasteiger partial charge on any atom is -0.484 e. The van der Waals surface area contributed by atoms with Gasteiger partial charge in [0.15, 0.2) is 6.61 Å². The molecule has 0 saturated carbocycles. The smallest absolute Gasteiger partial charge is 0.416 e. The van der Waals surface area contributed by atoms with Crippen LogP contribution in [0.15, 0.2) is 48.5 Å². The van der Waals surface area contributed by atoms with Crippen LogP contribution in [0.5, 0.6) is 5.75 Å². The Morgan fingerprint density at radius 1 is 1.03 bits per heavy atom. The topological polar surface area (TPSA) is 44.8 Å². The maximum Gasteiger partial charge on any atom is 0.416 e. The van der Waals surface area contributed by atoms with Gasteiger partial charge in [-0.15, -0.1) is 0 Å². The van der Waals surface area contributed by atoms with Crippen LogP contribution in [0.4, 0.5) is 18.9 Å². The fraction of sp³-hybridized carbons (Fsp3) is 0.381. The van der Waals surface area contributed by atoms with Crippen LogP contribution in [0.1, 0.15) is 11.1 Å². The van der Waals surface area contributed by atoms with Crippen LogP contribution in [0, 0.1) is 0 Å². The second-order valence-corrected chi connectivity index (χ2v) is 7.01. The lowest BCUT2D eigenvalue weighted by molar-refractivity contribution is -0.137. The van der Waals surface area contributed by atoms with E-state index in [1.165, 1.54) is 12.1 Å². The molecule has 156 valence electrons. The molecule has 0 bridgehead atoms. The van der Waals surface area contributed by atoms with Crippen molar-refractivity contribution in [3.8, 4) is 5.75 Å². The van der Waals surface area contributed by atoms with Crippen LogP contribution in [-0.2, 0) is 17.5 Å². The minimum atomic E-state index is -4.40. The van der Waals surface area contributed by atoms with Crippen molar-refractivity contribution >= 4 is 11.6 Å². The monoisotopic (exact) mass is 407 g/mol. The summed E-state index contributed by atoms with van der Waals surface area (Å²) in [7, 11) is 2.10. The van der Waals surface area contributed by atoms with Crippen molar-refractivity contribution in [1.82, 2.24) is 10.2 Å². The number of nitrogens with zero attached hydrogens (tertiary/aromatic N) is 2. The highest BCUT2D eigenvalue weighted by Crippen LogP contribution is 2.30. The molecule has 8 heteroatoms. The molecule has 0 atom stereocenters. The molecule has 0 radical (unpaired) electrons. The average Bonchev–Trinajstić information content (AvgIpc) is 2.71. The van der Waals surface area contributed by atoms with Gasteiger partial charge in [-0.2, -0.15) is 13.2 Å². The van der Waals surface area contributed by atoms with Gasteiger partial charge in [0.05, 0.1) is 5.56 Å². The number of carbonyl (C=O) groups excluding carboxylic acids is 1. The van der Waals surface area contributed by atoms with Crippen LogP contribution < -0.4 is 15.0 Å². The third-order valence-corrected chi connectivity index (χ3v) is 4.86. The number of hydrogen-bond donors (Lipinski definition) is 1. The summed E-state index contributed by atoms with van der Waals surface area (Å²) in [5.41, 5.74) is 1.36. The number of amides is 1. The highest BCUT2D eigenvalue weighted by molar-refractivity contribution is 5.77. The normalized spacial score (nSPS) is 15.2. The summed E-state index contributed by atoms with van der Waals surface area (Å²) in [6.45, 7) is 3.93. The van der Waals surface area contributed by atoms with Crippen LogP contribution in [0.3, 0.4) is 0 Å². The molecule has 1 heterocycles. The van der Waals surface area contributed by atoms with Crippen LogP contribution in [0.25, 0.3) is 0 Å². The lowest BCUT2D eigenvalue weighted by atomic mass is 10.1. The molecule has 2 aromatic rings. The number of carbonyl (C=O) groups is 1. The number of alkyl halides is 3. The molecule has 1 aliphatic rings. The Balaban J connectivity index is 1.51. The van der Waals surface area contributed by atoms with E-state index in [2.05, 4.69) is 22.2 Å². The van der Waals surface area contributed by atoms with Gasteiger partial charge in [-0.25, -0.2) is 0 Å². The largest absolute Gasteiger partial charge is 0.484 e. The summed E-state index contributed by atoms with van der Waals surface area (Å²) in [5, 5.41) is 2.81. The van der Waals surface area contributed by atoms with E-state index >= 15 is 0 Å². The van der Waals surface area contributed by atoms with E-state index < -0.39 is 11.7 Å². The van der Waals surface area contributed by atoms with Gasteiger partial charge < -0.3 is 19.9 Å². The van der Waals surface area contributed by atoms with Gasteiger partial charge in [-0.1, -0.05) is 18.2 Å². The van der Waals surface area contributed by atoms with Crippen molar-refractivity contribution in [2.45, 2.75) is 12.7 Å². The third-order valence-electron chi connectivity index (χ3n) is 4.86. The van der Waals surface area contributed by atoms with E-state index in [4.69, 9.17) is 4.74 Å². The molecule has 0 aromatic heterocycles. The Morgan fingerprint density at radius 2 is 1.69 bits per heavy atom. The second kappa shape index (κ2) is 9.17. The molecule has 1 N–H and O–H groups in total. The van der Waals surface area contributed by atoms with Crippen molar-refractivity contribution in [3.05, 3.63) is 59.7 Å². The molecule has 1 aliphatic heterocycles. The number of benzene rings is 2. The van der Waals surface area contributed by atoms with Crippen LogP contribution in [0.2, 0.25) is 0 Å². The lowest BCUT2D eigenvalue weighted by Crippen LogP contribution is -2.45. The number of halogens is 3. The SMILES string of the molecule is CN1CCN(c2ccccc2CNC(=O)COc2ccc(C(F)(F)F)cc2)CC1. The summed E-state index contributed by atoms with van der Waals surface area (Å²) >= 11 is 0. The van der Waals surface area contributed by atoms with E-state index in [0.29, 0.717) is 6.54 Å². The summed E-state index contributed by atoms with van der Waals surface area (Å²) in [4.78, 5) is 16.7. The van der Waals surface area contributed by atoms with Crippen molar-refractivity contribution in [3.63, 3.8) is 0 Å². The maximum atomic E-state index is 12.6. The Bertz CT molecular complexity index is 817. The van der Waals surface area contributed by atoms with Crippen molar-refractivity contribution in [2.24, 2.45) is 0 Å². The first kappa shape index (κ1) is 21.0. The van der Waals surface area contributed by atoms with Gasteiger partial charge in [0.1, 0.15) is 5.75 Å². The number of para-hydroxylation sites is 1. The van der Waals surface area contributed by atoms with Gasteiger partial charge in [0, 0.05) is 38.4 Å². The first-order valence-corrected chi connectivity index (χ1v) is 9.41. The molecule has 1 saturated heterocycles. The number of anilines is 1. The molecule has 0 aliphatic carbocycles. The first-order chi connectivity index (χ1) is 13.8. The summed E-state index contributed by atoms with van der Waals surface area (Å²) in [5.74, 6) is -0.121. The number of ether oxygens (including phenoxy) is 1. The zero-order valence-electron chi connectivity index (χ0n) is 16.2. The van der Waals surface area contributed by atoms with Gasteiger partial charge in [-0.3, -0.25) is 4.79 Å². The van der Waals surface area contributed by atoms with Crippen molar-refractivity contribution < 1.29 is 22.7 Å². The molecule has 1 amide bonds. The lowest BCUT2D eigenvalue weighted by Gasteiger charge is -2.35. The molecule has 1 fully saturated rings. The molecule has 29 heavy (non-hydrogen) atoms. The van der Waals surface area contributed by atoms with E-state index in [0.717, 1.165) is 49.6 Å². The molecule has 5 nitrogen and oxygen atoms in total. The molecule has 2 aromatic carbocycles. The highest BCUT2D eigenvalue weighted by Gasteiger charge is 2.30. The van der Waals surface area contributed by atoms with E-state index in [-0.39, 0.29) is 18.3 Å². The van der Waals surface area contributed by atoms with E-state index in [1.807, 2.05) is 24.3 Å². The molecule has 0 unspecified atom stereocenters. The predicted octanol–water partition coefficient (Wildman–Crippen LogP) is 3.15. The summed E-state index contributed by atoms with van der Waals surface area (Å²) in [6.07, 6.45) is -4.40. The van der Waals surface area contributed by atoms with Crippen LogP contribution in [-0.4, -0.2) is 50.6 Å². The number of nitrogens with one attached hydrogen (secondary N) is 1. The van der Waals surface area contributed by atoms with Gasteiger partial charge in [-0.05, 0) is 42.9 Å².